The van der Waals surface area contributed by atoms with Gasteiger partial charge in [0.25, 0.3) is 0 Å². The van der Waals surface area contributed by atoms with E-state index in [-0.39, 0.29) is 11.4 Å². The number of rotatable bonds is 6. The molecule has 0 saturated heterocycles. The summed E-state index contributed by atoms with van der Waals surface area (Å²) >= 11 is 0. The minimum absolute atomic E-state index is 0.106. The topological polar surface area (TPSA) is 80.7 Å². The van der Waals surface area contributed by atoms with Crippen LogP contribution in [0, 0.1) is 0 Å². The molecule has 1 aliphatic rings. The van der Waals surface area contributed by atoms with Gasteiger partial charge in [-0.25, -0.2) is 4.79 Å². The highest BCUT2D eigenvalue weighted by molar-refractivity contribution is 6.07. The Hall–Kier alpha value is -4.20. The van der Waals surface area contributed by atoms with Crippen LogP contribution in [0.3, 0.4) is 0 Å². The van der Waals surface area contributed by atoms with Gasteiger partial charge in [0.15, 0.2) is 0 Å². The lowest BCUT2D eigenvalue weighted by Gasteiger charge is -2.31. The summed E-state index contributed by atoms with van der Waals surface area (Å²) < 4.78 is 13.7. The van der Waals surface area contributed by atoms with Crippen molar-refractivity contribution in [3.8, 4) is 11.5 Å². The number of benzene rings is 3. The monoisotopic (exact) mass is 499 g/mol. The van der Waals surface area contributed by atoms with Crippen molar-refractivity contribution < 1.29 is 14.3 Å². The van der Waals surface area contributed by atoms with Crippen molar-refractivity contribution in [3.63, 3.8) is 0 Å². The average Bonchev–Trinajstić information content (AvgIpc) is 3.26. The van der Waals surface area contributed by atoms with Gasteiger partial charge in [-0.05, 0) is 24.3 Å². The van der Waals surface area contributed by atoms with Gasteiger partial charge in [0.2, 0.25) is 0 Å². The van der Waals surface area contributed by atoms with Crippen LogP contribution < -0.4 is 25.0 Å². The van der Waals surface area contributed by atoms with Crippen molar-refractivity contribution in [1.29, 1.82) is 0 Å². The highest BCUT2D eigenvalue weighted by atomic mass is 16.5. The molecule has 3 aromatic carbocycles. The predicted octanol–water partition coefficient (Wildman–Crippen LogP) is 5.79. The van der Waals surface area contributed by atoms with Crippen LogP contribution in [-0.4, -0.2) is 42.1 Å². The molecule has 1 aromatic heterocycles. The first-order valence-electron chi connectivity index (χ1n) is 12.5. The SMILES string of the molecule is Cn1nc(C(C)(C)C)cc1NC(=O)Nc1ccc(OCCN2CCOc3ccccc32)c2ccccc12. The first kappa shape index (κ1) is 24.5. The zero-order valence-electron chi connectivity index (χ0n) is 21.7. The maximum Gasteiger partial charge on any atom is 0.324 e. The molecule has 0 fully saturated rings. The van der Waals surface area contributed by atoms with E-state index >= 15 is 0 Å². The molecule has 8 nitrogen and oxygen atoms in total. The third-order valence-corrected chi connectivity index (χ3v) is 6.47. The fraction of sp³-hybridized carbons (Fsp3) is 0.310. The molecule has 2 heterocycles. The van der Waals surface area contributed by atoms with E-state index in [0.29, 0.717) is 24.7 Å². The second kappa shape index (κ2) is 10.0. The van der Waals surface area contributed by atoms with Crippen molar-refractivity contribution >= 4 is 34.0 Å². The highest BCUT2D eigenvalue weighted by Crippen LogP contribution is 2.33. The van der Waals surface area contributed by atoms with Crippen LogP contribution in [0.1, 0.15) is 26.5 Å². The average molecular weight is 500 g/mol. The number of nitrogens with one attached hydrogen (secondary N) is 2. The first-order chi connectivity index (χ1) is 17.8. The van der Waals surface area contributed by atoms with Crippen LogP contribution in [0.5, 0.6) is 11.5 Å². The van der Waals surface area contributed by atoms with E-state index in [4.69, 9.17) is 9.47 Å². The number of fused-ring (bicyclic) bond motifs is 2. The maximum atomic E-state index is 12.9. The van der Waals surface area contributed by atoms with E-state index < -0.39 is 0 Å². The largest absolute Gasteiger partial charge is 0.491 e. The van der Waals surface area contributed by atoms with Crippen LogP contribution in [0.2, 0.25) is 0 Å². The van der Waals surface area contributed by atoms with Gasteiger partial charge >= 0.3 is 6.03 Å². The molecule has 2 N–H and O–H groups in total. The standard InChI is InChI=1S/C29H33N5O3/c1-29(2,3)26-19-27(33(4)32-26)31-28(35)30-22-13-14-24(21-10-6-5-9-20(21)22)36-17-15-34-16-18-37-25-12-8-7-11-23(25)34/h5-14,19H,15-18H2,1-4H3,(H2,30,31,35). The molecule has 0 unspecified atom stereocenters. The number of ether oxygens (including phenoxy) is 2. The quantitative estimate of drug-likeness (QED) is 0.351. The minimum atomic E-state index is -0.326. The zero-order chi connectivity index (χ0) is 26.0. The number of carbonyl (C=O) groups is 1. The number of aryl methyl sites for hydroxylation is 1. The van der Waals surface area contributed by atoms with E-state index in [1.807, 2.05) is 67.7 Å². The molecule has 8 heteroatoms. The lowest BCUT2D eigenvalue weighted by Crippen LogP contribution is -2.35. The molecule has 37 heavy (non-hydrogen) atoms. The Bertz CT molecular complexity index is 1420. The summed E-state index contributed by atoms with van der Waals surface area (Å²) in [6.45, 7) is 9.05. The van der Waals surface area contributed by atoms with E-state index in [1.54, 1.807) is 4.68 Å². The number of urea groups is 1. The molecule has 5 rings (SSSR count). The van der Waals surface area contributed by atoms with Gasteiger partial charge in [0.05, 0.1) is 30.2 Å². The van der Waals surface area contributed by atoms with Crippen LogP contribution in [0.4, 0.5) is 22.0 Å². The fourth-order valence-electron chi connectivity index (χ4n) is 4.45. The summed E-state index contributed by atoms with van der Waals surface area (Å²) in [5.41, 5.74) is 2.61. The molecule has 1 aliphatic heterocycles. The smallest absolute Gasteiger partial charge is 0.324 e. The third kappa shape index (κ3) is 5.33. The van der Waals surface area contributed by atoms with E-state index in [9.17, 15) is 4.79 Å². The number of nitrogens with zero attached hydrogens (tertiary/aromatic N) is 3. The Morgan fingerprint density at radius 1 is 1.03 bits per heavy atom. The summed E-state index contributed by atoms with van der Waals surface area (Å²) in [7, 11) is 1.82. The van der Waals surface area contributed by atoms with Crippen molar-refractivity contribution in [2.24, 2.45) is 7.05 Å². The van der Waals surface area contributed by atoms with Gasteiger partial charge in [-0.2, -0.15) is 5.10 Å². The van der Waals surface area contributed by atoms with Crippen molar-refractivity contribution in [2.75, 3.05) is 41.8 Å². The second-order valence-electron chi connectivity index (χ2n) is 10.2. The zero-order valence-corrected chi connectivity index (χ0v) is 21.7. The lowest BCUT2D eigenvalue weighted by atomic mass is 9.92. The van der Waals surface area contributed by atoms with Gasteiger partial charge < -0.3 is 19.7 Å². The normalized spacial score (nSPS) is 13.1. The van der Waals surface area contributed by atoms with Gasteiger partial charge in [-0.3, -0.25) is 10.00 Å². The van der Waals surface area contributed by atoms with Crippen molar-refractivity contribution in [2.45, 2.75) is 26.2 Å². The molecule has 0 bridgehead atoms. The number of hydrogen-bond acceptors (Lipinski definition) is 5. The number of carbonyl (C=O) groups excluding carboxylic acids is 1. The number of anilines is 3. The van der Waals surface area contributed by atoms with Crippen LogP contribution in [0.25, 0.3) is 10.8 Å². The Labute approximate surface area is 217 Å². The predicted molar refractivity (Wildman–Crippen MR) is 148 cm³/mol. The molecular weight excluding hydrogens is 466 g/mol. The first-order valence-corrected chi connectivity index (χ1v) is 12.5. The number of amides is 2. The highest BCUT2D eigenvalue weighted by Gasteiger charge is 2.20. The summed E-state index contributed by atoms with van der Waals surface area (Å²) in [4.78, 5) is 15.1. The number of hydrogen-bond donors (Lipinski definition) is 2. The molecule has 0 atom stereocenters. The van der Waals surface area contributed by atoms with E-state index in [2.05, 4.69) is 47.5 Å². The second-order valence-corrected chi connectivity index (χ2v) is 10.2. The minimum Gasteiger partial charge on any atom is -0.491 e. The molecule has 0 spiro atoms. The summed E-state index contributed by atoms with van der Waals surface area (Å²) in [6.07, 6.45) is 0. The number of para-hydroxylation sites is 2. The van der Waals surface area contributed by atoms with E-state index in [1.165, 1.54) is 0 Å². The maximum absolute atomic E-state index is 12.9. The van der Waals surface area contributed by atoms with Gasteiger partial charge in [0.1, 0.15) is 30.5 Å². The molecular formula is C29H33N5O3. The van der Waals surface area contributed by atoms with Crippen molar-refractivity contribution in [1.82, 2.24) is 9.78 Å². The molecule has 4 aromatic rings. The lowest BCUT2D eigenvalue weighted by molar-refractivity contribution is 0.262. The Balaban J connectivity index is 1.27. The number of aromatic nitrogens is 2. The molecule has 0 saturated carbocycles. The van der Waals surface area contributed by atoms with Crippen LogP contribution >= 0.6 is 0 Å². The van der Waals surface area contributed by atoms with Gasteiger partial charge in [-0.1, -0.05) is 57.2 Å². The van der Waals surface area contributed by atoms with E-state index in [0.717, 1.165) is 46.7 Å². The Kier molecular flexibility index (Phi) is 6.65. The summed E-state index contributed by atoms with van der Waals surface area (Å²) in [6, 6.07) is 21.4. The van der Waals surface area contributed by atoms with Crippen molar-refractivity contribution in [3.05, 3.63) is 72.4 Å². The third-order valence-electron chi connectivity index (χ3n) is 6.47. The Morgan fingerprint density at radius 3 is 2.57 bits per heavy atom. The molecule has 0 radical (unpaired) electrons. The summed E-state index contributed by atoms with van der Waals surface area (Å²) in [5.74, 6) is 2.33. The van der Waals surface area contributed by atoms with Gasteiger partial charge in [0, 0.05) is 29.3 Å². The molecule has 0 aliphatic carbocycles. The fourth-order valence-corrected chi connectivity index (χ4v) is 4.45. The van der Waals surface area contributed by atoms with Crippen LogP contribution in [-0.2, 0) is 12.5 Å². The molecule has 192 valence electrons. The molecule has 2 amide bonds. The summed E-state index contributed by atoms with van der Waals surface area (Å²) in [5, 5.41) is 12.3. The van der Waals surface area contributed by atoms with Crippen LogP contribution in [0.15, 0.2) is 66.7 Å². The Morgan fingerprint density at radius 2 is 1.78 bits per heavy atom. The van der Waals surface area contributed by atoms with Gasteiger partial charge in [-0.15, -0.1) is 0 Å².